The molecule has 1 fully saturated rings. The van der Waals surface area contributed by atoms with Crippen molar-refractivity contribution in [2.24, 2.45) is 11.7 Å². The first-order valence-electron chi connectivity index (χ1n) is 6.74. The molecule has 5 nitrogen and oxygen atoms in total. The summed E-state index contributed by atoms with van der Waals surface area (Å²) in [5, 5.41) is 2.79. The third-order valence-corrected chi connectivity index (χ3v) is 3.50. The van der Waals surface area contributed by atoms with Crippen molar-refractivity contribution in [2.45, 2.75) is 52.1 Å². The van der Waals surface area contributed by atoms with E-state index in [-0.39, 0.29) is 23.8 Å². The summed E-state index contributed by atoms with van der Waals surface area (Å²) in [7, 11) is 0. The van der Waals surface area contributed by atoms with Gasteiger partial charge in [0.05, 0.1) is 6.04 Å². The smallest absolute Gasteiger partial charge is 0.240 e. The number of nitrogens with one attached hydrogen (secondary N) is 1. The highest BCUT2D eigenvalue weighted by Gasteiger charge is 2.30. The van der Waals surface area contributed by atoms with Crippen LogP contribution >= 0.6 is 0 Å². The number of piperidine rings is 1. The van der Waals surface area contributed by atoms with E-state index in [9.17, 15) is 9.59 Å². The van der Waals surface area contributed by atoms with Gasteiger partial charge in [0.1, 0.15) is 0 Å². The van der Waals surface area contributed by atoms with E-state index in [2.05, 4.69) is 5.32 Å². The molecule has 0 saturated carbocycles. The van der Waals surface area contributed by atoms with E-state index in [1.807, 2.05) is 18.7 Å². The van der Waals surface area contributed by atoms with Crippen molar-refractivity contribution < 1.29 is 9.59 Å². The third kappa shape index (κ3) is 3.98. The molecule has 0 spiro atoms. The summed E-state index contributed by atoms with van der Waals surface area (Å²) >= 11 is 0. The fourth-order valence-corrected chi connectivity index (χ4v) is 2.24. The Kier molecular flexibility index (Phi) is 5.59. The molecule has 104 valence electrons. The number of carbonyl (C=O) groups is 2. The van der Waals surface area contributed by atoms with E-state index in [1.54, 1.807) is 0 Å². The van der Waals surface area contributed by atoms with Crippen LogP contribution in [0.4, 0.5) is 0 Å². The van der Waals surface area contributed by atoms with Crippen molar-refractivity contribution in [3.63, 3.8) is 0 Å². The molecule has 1 rings (SSSR count). The number of amides is 2. The Labute approximate surface area is 109 Å². The first kappa shape index (κ1) is 15.0. The van der Waals surface area contributed by atoms with Gasteiger partial charge in [0, 0.05) is 26.1 Å². The Morgan fingerprint density at radius 2 is 2.06 bits per heavy atom. The zero-order chi connectivity index (χ0) is 13.7. The van der Waals surface area contributed by atoms with Gasteiger partial charge in [-0.05, 0) is 25.2 Å². The minimum absolute atomic E-state index is 0.0139. The highest BCUT2D eigenvalue weighted by Crippen LogP contribution is 2.18. The molecule has 3 N–H and O–H groups in total. The van der Waals surface area contributed by atoms with E-state index in [0.717, 1.165) is 25.8 Å². The lowest BCUT2D eigenvalue weighted by Gasteiger charge is -2.38. The predicted molar refractivity (Wildman–Crippen MR) is 70.8 cm³/mol. The van der Waals surface area contributed by atoms with Crippen molar-refractivity contribution in [3.8, 4) is 0 Å². The van der Waals surface area contributed by atoms with Crippen LogP contribution in [-0.4, -0.2) is 41.9 Å². The quantitative estimate of drug-likeness (QED) is 0.767. The molecule has 1 aliphatic heterocycles. The van der Waals surface area contributed by atoms with Gasteiger partial charge in [0.15, 0.2) is 0 Å². The van der Waals surface area contributed by atoms with Crippen molar-refractivity contribution in [3.05, 3.63) is 0 Å². The molecule has 0 aromatic heterocycles. The SMILES string of the molecule is CC(=O)NCC1CCCCN1C(=O)[C@@H](N)C(C)C. The standard InChI is InChI=1S/C13H25N3O2/c1-9(2)12(14)13(18)16-7-5-4-6-11(16)8-15-10(3)17/h9,11-12H,4-8,14H2,1-3H3,(H,15,17)/t11?,12-/m0/s1. The number of hydrogen-bond acceptors (Lipinski definition) is 3. The summed E-state index contributed by atoms with van der Waals surface area (Å²) in [5.74, 6) is 0.0991. The minimum atomic E-state index is -0.442. The maximum Gasteiger partial charge on any atom is 0.240 e. The van der Waals surface area contributed by atoms with Crippen LogP contribution in [0.5, 0.6) is 0 Å². The molecule has 0 bridgehead atoms. The van der Waals surface area contributed by atoms with Gasteiger partial charge in [-0.25, -0.2) is 0 Å². The Balaban J connectivity index is 2.63. The monoisotopic (exact) mass is 255 g/mol. The molecule has 18 heavy (non-hydrogen) atoms. The molecule has 5 heteroatoms. The predicted octanol–water partition coefficient (Wildman–Crippen LogP) is 0.487. The highest BCUT2D eigenvalue weighted by molar-refractivity contribution is 5.82. The van der Waals surface area contributed by atoms with Gasteiger partial charge in [-0.2, -0.15) is 0 Å². The molecule has 0 aromatic rings. The second kappa shape index (κ2) is 6.73. The highest BCUT2D eigenvalue weighted by atomic mass is 16.2. The van der Waals surface area contributed by atoms with Gasteiger partial charge in [0.25, 0.3) is 0 Å². The molecule has 0 aromatic carbocycles. The van der Waals surface area contributed by atoms with Gasteiger partial charge in [0.2, 0.25) is 11.8 Å². The van der Waals surface area contributed by atoms with Crippen molar-refractivity contribution in [1.29, 1.82) is 0 Å². The van der Waals surface area contributed by atoms with Crippen molar-refractivity contribution >= 4 is 11.8 Å². The van der Waals surface area contributed by atoms with Gasteiger partial charge < -0.3 is 16.0 Å². The maximum absolute atomic E-state index is 12.3. The summed E-state index contributed by atoms with van der Waals surface area (Å²) in [5.41, 5.74) is 5.93. The number of likely N-dealkylation sites (tertiary alicyclic amines) is 1. The van der Waals surface area contributed by atoms with Gasteiger partial charge in [-0.15, -0.1) is 0 Å². The summed E-state index contributed by atoms with van der Waals surface area (Å²) in [6, 6.07) is -0.345. The average molecular weight is 255 g/mol. The maximum atomic E-state index is 12.3. The van der Waals surface area contributed by atoms with Gasteiger partial charge in [-0.3, -0.25) is 9.59 Å². The summed E-state index contributed by atoms with van der Waals surface area (Å²) in [6.07, 6.45) is 3.06. The second-order valence-corrected chi connectivity index (χ2v) is 5.39. The van der Waals surface area contributed by atoms with Gasteiger partial charge >= 0.3 is 0 Å². The first-order chi connectivity index (χ1) is 8.43. The Bertz CT molecular complexity index is 305. The summed E-state index contributed by atoms with van der Waals surface area (Å²) in [4.78, 5) is 25.1. The summed E-state index contributed by atoms with van der Waals surface area (Å²) in [6.45, 7) is 6.69. The molecule has 0 aliphatic carbocycles. The third-order valence-electron chi connectivity index (χ3n) is 3.50. The van der Waals surface area contributed by atoms with Crippen LogP contribution in [-0.2, 0) is 9.59 Å². The largest absolute Gasteiger partial charge is 0.354 e. The van der Waals surface area contributed by atoms with Crippen molar-refractivity contribution in [2.75, 3.05) is 13.1 Å². The minimum Gasteiger partial charge on any atom is -0.354 e. The molecule has 1 heterocycles. The van der Waals surface area contributed by atoms with Crippen LogP contribution in [0.1, 0.15) is 40.0 Å². The summed E-state index contributed by atoms with van der Waals surface area (Å²) < 4.78 is 0. The first-order valence-corrected chi connectivity index (χ1v) is 6.74. The molecular formula is C13H25N3O2. The van der Waals surface area contributed by atoms with Crippen LogP contribution < -0.4 is 11.1 Å². The number of hydrogen-bond donors (Lipinski definition) is 2. The van der Waals surface area contributed by atoms with E-state index >= 15 is 0 Å². The molecule has 1 unspecified atom stereocenters. The molecule has 1 aliphatic rings. The van der Waals surface area contributed by atoms with Crippen LogP contribution in [0.25, 0.3) is 0 Å². The van der Waals surface area contributed by atoms with Crippen molar-refractivity contribution in [1.82, 2.24) is 10.2 Å². The fourth-order valence-electron chi connectivity index (χ4n) is 2.24. The fraction of sp³-hybridized carbons (Fsp3) is 0.846. The molecule has 1 saturated heterocycles. The zero-order valence-electron chi connectivity index (χ0n) is 11.6. The Morgan fingerprint density at radius 3 is 2.61 bits per heavy atom. The Morgan fingerprint density at radius 1 is 1.39 bits per heavy atom. The lowest BCUT2D eigenvalue weighted by Crippen LogP contribution is -2.55. The van der Waals surface area contributed by atoms with Crippen LogP contribution in [0.15, 0.2) is 0 Å². The second-order valence-electron chi connectivity index (χ2n) is 5.39. The number of nitrogens with two attached hydrogens (primary N) is 1. The number of nitrogens with zero attached hydrogens (tertiary/aromatic N) is 1. The zero-order valence-corrected chi connectivity index (χ0v) is 11.6. The van der Waals surface area contributed by atoms with Crippen LogP contribution in [0, 0.1) is 5.92 Å². The van der Waals surface area contributed by atoms with E-state index in [0.29, 0.717) is 6.54 Å². The molecule has 0 radical (unpaired) electrons. The topological polar surface area (TPSA) is 75.4 Å². The Hall–Kier alpha value is -1.10. The van der Waals surface area contributed by atoms with Crippen LogP contribution in [0.3, 0.4) is 0 Å². The lowest BCUT2D eigenvalue weighted by molar-refractivity contribution is -0.137. The van der Waals surface area contributed by atoms with E-state index in [1.165, 1.54) is 6.92 Å². The van der Waals surface area contributed by atoms with Gasteiger partial charge in [-0.1, -0.05) is 13.8 Å². The number of rotatable bonds is 4. The van der Waals surface area contributed by atoms with Crippen LogP contribution in [0.2, 0.25) is 0 Å². The molecular weight excluding hydrogens is 230 g/mol. The average Bonchev–Trinajstić information content (AvgIpc) is 2.34. The lowest BCUT2D eigenvalue weighted by atomic mass is 9.98. The number of carbonyl (C=O) groups excluding carboxylic acids is 2. The molecule has 2 atom stereocenters. The van der Waals surface area contributed by atoms with E-state index in [4.69, 9.17) is 5.73 Å². The normalized spacial score (nSPS) is 21.8. The molecule has 2 amide bonds. The van der Waals surface area contributed by atoms with E-state index < -0.39 is 6.04 Å².